The van der Waals surface area contributed by atoms with Crippen LogP contribution in [-0.4, -0.2) is 69.2 Å². The van der Waals surface area contributed by atoms with Crippen molar-refractivity contribution in [3.05, 3.63) is 59.7 Å². The molecule has 0 heterocycles. The number of hydrogen-bond acceptors (Lipinski definition) is 6. The molecule has 0 fully saturated rings. The van der Waals surface area contributed by atoms with Gasteiger partial charge in [0, 0.05) is 11.8 Å². The molecule has 8 atom stereocenters. The molecule has 10 heteroatoms. The Labute approximate surface area is 313 Å². The van der Waals surface area contributed by atoms with Crippen LogP contribution in [0.2, 0.25) is 36.3 Å². The van der Waals surface area contributed by atoms with Gasteiger partial charge in [0.25, 0.3) is 0 Å². The topological polar surface area (TPSA) is 117 Å². The normalized spacial score (nSPS) is 19.1. The van der Waals surface area contributed by atoms with Crippen LogP contribution >= 0.6 is 0 Å². The Bertz CT molecular complexity index is 1250. The molecule has 0 spiro atoms. The Morgan fingerprint density at radius 3 is 1.84 bits per heavy atom. The number of aliphatic hydroxyl groups excluding tert-OH is 1. The van der Waals surface area contributed by atoms with Gasteiger partial charge < -0.3 is 28.9 Å². The van der Waals surface area contributed by atoms with Crippen molar-refractivity contribution in [2.24, 2.45) is 29.6 Å². The van der Waals surface area contributed by atoms with E-state index in [-0.39, 0.29) is 47.1 Å². The molecule has 1 aromatic rings. The highest BCUT2D eigenvalue weighted by Crippen LogP contribution is 2.43. The molecule has 1 amide bonds. The average Bonchev–Trinajstić information content (AvgIpc) is 2.99. The predicted molar refractivity (Wildman–Crippen MR) is 217 cm³/mol. The van der Waals surface area contributed by atoms with Crippen LogP contribution in [0.25, 0.3) is 0 Å². The second kappa shape index (κ2) is 19.5. The lowest BCUT2D eigenvalue weighted by Gasteiger charge is -2.48. The van der Waals surface area contributed by atoms with Crippen molar-refractivity contribution in [1.29, 1.82) is 0 Å². The van der Waals surface area contributed by atoms with E-state index in [1.54, 1.807) is 6.08 Å². The summed E-state index contributed by atoms with van der Waals surface area (Å²) in [6, 6.07) is 9.80. The minimum Gasteiger partial charge on any atom is -0.465 e. The summed E-state index contributed by atoms with van der Waals surface area (Å²) in [5.74, 6) is -1.03. The summed E-state index contributed by atoms with van der Waals surface area (Å²) in [5.41, 5.74) is 0.375. The SMILES string of the molecule is C/C(=C/[C@H](C)[C@@H](O[Si](C)(C)C(C)(C)C)[C@@H](C)/C=C\CO)C[C@H](C)[C@@H](O[Si](C)(C)C(C)(C)C)[C@@H](C)[C@](O)(NC(=O)O)[C@@H](C)COCc1ccccc1. The summed E-state index contributed by atoms with van der Waals surface area (Å²) in [7, 11) is -4.47. The van der Waals surface area contributed by atoms with Crippen LogP contribution in [0.5, 0.6) is 0 Å². The highest BCUT2D eigenvalue weighted by molar-refractivity contribution is 6.74. The van der Waals surface area contributed by atoms with Gasteiger partial charge in [-0.1, -0.05) is 130 Å². The van der Waals surface area contributed by atoms with Crippen molar-refractivity contribution in [3.8, 4) is 0 Å². The molecule has 0 aromatic heterocycles. The lowest BCUT2D eigenvalue weighted by atomic mass is 9.77. The number of carbonyl (C=O) groups is 1. The molecule has 0 radical (unpaired) electrons. The summed E-state index contributed by atoms with van der Waals surface area (Å²) < 4.78 is 20.2. The predicted octanol–water partition coefficient (Wildman–Crippen LogP) is 10.0. The van der Waals surface area contributed by atoms with Gasteiger partial charge in [-0.3, -0.25) is 5.32 Å². The van der Waals surface area contributed by atoms with Gasteiger partial charge in [0.2, 0.25) is 0 Å². The van der Waals surface area contributed by atoms with Crippen molar-refractivity contribution in [1.82, 2.24) is 5.32 Å². The molecule has 0 saturated carbocycles. The molecule has 0 unspecified atom stereocenters. The molecule has 0 aliphatic heterocycles. The van der Waals surface area contributed by atoms with E-state index in [1.807, 2.05) is 50.3 Å². The number of carboxylic acid groups (broad SMARTS) is 1. The van der Waals surface area contributed by atoms with Gasteiger partial charge in [-0.15, -0.1) is 0 Å². The highest BCUT2D eigenvalue weighted by Gasteiger charge is 2.49. The number of amides is 1. The Balaban J connectivity index is 3.52. The third-order valence-electron chi connectivity index (χ3n) is 11.5. The van der Waals surface area contributed by atoms with Gasteiger partial charge in [0.1, 0.15) is 5.72 Å². The monoisotopic (exact) mass is 750 g/mol. The smallest absolute Gasteiger partial charge is 0.406 e. The lowest BCUT2D eigenvalue weighted by molar-refractivity contribution is -0.138. The number of ether oxygens (including phenoxy) is 1. The Kier molecular flexibility index (Phi) is 18.1. The number of benzene rings is 1. The standard InChI is InChI=1S/C41H75NO7Si2/c1-29(25-31(3)36(30(2)21-20-24-43)48-50(13,14)39(7,8)9)26-32(4)37(49-51(15,16)40(10,11)12)34(6)41(46,42-38(44)45)33(5)27-47-28-35-22-18-17-19-23-35/h17-23,25,30-34,36-37,42-43,46H,24,26-28H2,1-16H3,(H,44,45)/b21-20-,29-25-/t30-,31-,32-,33-,34+,36-,37+,41-/m0/s1. The molecule has 1 aromatic carbocycles. The summed E-state index contributed by atoms with van der Waals surface area (Å²) in [6.45, 7) is 35.1. The quantitative estimate of drug-likeness (QED) is 0.0596. The van der Waals surface area contributed by atoms with Crippen LogP contribution in [0.15, 0.2) is 54.1 Å². The second-order valence-electron chi connectivity index (χ2n) is 18.2. The van der Waals surface area contributed by atoms with Crippen molar-refractivity contribution in [2.45, 2.75) is 150 Å². The first-order chi connectivity index (χ1) is 23.2. The number of aliphatic hydroxyl groups is 2. The first-order valence-corrected chi connectivity index (χ1v) is 24.7. The van der Waals surface area contributed by atoms with Crippen LogP contribution in [-0.2, 0) is 20.2 Å². The minimum absolute atomic E-state index is 0.00737. The second-order valence-corrected chi connectivity index (χ2v) is 27.7. The van der Waals surface area contributed by atoms with Crippen LogP contribution in [0.1, 0.15) is 95.1 Å². The van der Waals surface area contributed by atoms with Gasteiger partial charge in [-0.05, 0) is 72.9 Å². The summed E-state index contributed by atoms with van der Waals surface area (Å²) in [6.07, 6.45) is 5.02. The van der Waals surface area contributed by atoms with E-state index < -0.39 is 46.4 Å². The van der Waals surface area contributed by atoms with E-state index in [9.17, 15) is 20.1 Å². The van der Waals surface area contributed by atoms with Crippen LogP contribution in [0.3, 0.4) is 0 Å². The van der Waals surface area contributed by atoms with E-state index in [1.165, 1.54) is 5.57 Å². The molecule has 51 heavy (non-hydrogen) atoms. The number of allylic oxidation sites excluding steroid dienone is 1. The Morgan fingerprint density at radius 2 is 1.37 bits per heavy atom. The van der Waals surface area contributed by atoms with Gasteiger partial charge in [0.05, 0.1) is 32.0 Å². The zero-order valence-corrected chi connectivity index (χ0v) is 37.0. The molecule has 0 aliphatic rings. The average molecular weight is 750 g/mol. The molecule has 294 valence electrons. The summed E-state index contributed by atoms with van der Waals surface area (Å²) in [4.78, 5) is 12.2. The van der Waals surface area contributed by atoms with Crippen molar-refractivity contribution >= 4 is 22.7 Å². The molecule has 0 saturated heterocycles. The van der Waals surface area contributed by atoms with Crippen molar-refractivity contribution < 1.29 is 33.7 Å². The first-order valence-electron chi connectivity index (χ1n) is 18.9. The van der Waals surface area contributed by atoms with Crippen LogP contribution < -0.4 is 5.32 Å². The van der Waals surface area contributed by atoms with E-state index >= 15 is 0 Å². The van der Waals surface area contributed by atoms with Gasteiger partial charge >= 0.3 is 6.09 Å². The minimum atomic E-state index is -2.37. The Hall–Kier alpha value is -1.80. The van der Waals surface area contributed by atoms with Gasteiger partial charge in [-0.25, -0.2) is 4.79 Å². The summed E-state index contributed by atoms with van der Waals surface area (Å²) in [5, 5.41) is 34.2. The fourth-order valence-electron chi connectivity index (χ4n) is 6.22. The van der Waals surface area contributed by atoms with Gasteiger partial charge in [0.15, 0.2) is 16.6 Å². The van der Waals surface area contributed by atoms with E-state index in [0.29, 0.717) is 13.0 Å². The van der Waals surface area contributed by atoms with E-state index in [2.05, 4.69) is 107 Å². The van der Waals surface area contributed by atoms with Gasteiger partial charge in [-0.2, -0.15) is 0 Å². The first kappa shape index (κ1) is 47.2. The summed E-state index contributed by atoms with van der Waals surface area (Å²) >= 11 is 0. The lowest BCUT2D eigenvalue weighted by Crippen LogP contribution is -2.63. The van der Waals surface area contributed by atoms with E-state index in [0.717, 1.165) is 5.56 Å². The molecule has 0 aliphatic carbocycles. The maximum absolute atomic E-state index is 12.3. The third-order valence-corrected chi connectivity index (χ3v) is 20.5. The largest absolute Gasteiger partial charge is 0.465 e. The molecule has 1 rings (SSSR count). The van der Waals surface area contributed by atoms with Crippen LogP contribution in [0, 0.1) is 29.6 Å². The molecular formula is C41H75NO7Si2. The fraction of sp³-hybridized carbons (Fsp3) is 0.732. The molecule has 8 nitrogen and oxygen atoms in total. The molecular weight excluding hydrogens is 675 g/mol. The maximum atomic E-state index is 12.3. The highest BCUT2D eigenvalue weighted by atomic mass is 28.4. The number of rotatable bonds is 20. The number of hydrogen-bond donors (Lipinski definition) is 4. The van der Waals surface area contributed by atoms with Crippen molar-refractivity contribution in [3.63, 3.8) is 0 Å². The zero-order chi connectivity index (χ0) is 39.6. The molecule has 0 bridgehead atoms. The zero-order valence-electron chi connectivity index (χ0n) is 35.0. The molecule has 4 N–H and O–H groups in total. The van der Waals surface area contributed by atoms with E-state index in [4.69, 9.17) is 13.6 Å². The number of nitrogens with one attached hydrogen (secondary N) is 1. The van der Waals surface area contributed by atoms with Crippen molar-refractivity contribution in [2.75, 3.05) is 13.2 Å². The third kappa shape index (κ3) is 14.2. The fourth-order valence-corrected chi connectivity index (χ4v) is 9.16. The Morgan fingerprint density at radius 1 is 0.863 bits per heavy atom. The maximum Gasteiger partial charge on any atom is 0.406 e. The van der Waals surface area contributed by atoms with Crippen LogP contribution in [0.4, 0.5) is 4.79 Å².